The van der Waals surface area contributed by atoms with Crippen LogP contribution in [0.5, 0.6) is 0 Å². The van der Waals surface area contributed by atoms with E-state index in [1.165, 1.54) is 57.4 Å². The van der Waals surface area contributed by atoms with E-state index in [9.17, 15) is 0 Å². The van der Waals surface area contributed by atoms with Crippen molar-refractivity contribution < 1.29 is 9.47 Å². The number of hydrogen-bond donors (Lipinski definition) is 0. The van der Waals surface area contributed by atoms with Gasteiger partial charge in [0.25, 0.3) is 0 Å². The van der Waals surface area contributed by atoms with Gasteiger partial charge < -0.3 is 0 Å². The third kappa shape index (κ3) is 9.91. The van der Waals surface area contributed by atoms with Crippen molar-refractivity contribution in [2.45, 2.75) is 100.0 Å². The van der Waals surface area contributed by atoms with Gasteiger partial charge in [-0.05, 0) is 0 Å². The molecule has 0 unspecified atom stereocenters. The van der Waals surface area contributed by atoms with Crippen molar-refractivity contribution in [2.75, 3.05) is 6.79 Å². The van der Waals surface area contributed by atoms with Crippen LogP contribution in [-0.4, -0.2) is 25.2 Å². The van der Waals surface area contributed by atoms with Gasteiger partial charge in [-0.15, -0.1) is 0 Å². The molecule has 0 fully saturated rings. The zero-order valence-corrected chi connectivity index (χ0v) is 22.9. The first-order valence-corrected chi connectivity index (χ1v) is 19.3. The first-order valence-electron chi connectivity index (χ1n) is 11.8. The molecular formula is C26H46O2Sn. The van der Waals surface area contributed by atoms with Crippen LogP contribution in [-0.2, 0) is 16.1 Å². The van der Waals surface area contributed by atoms with Gasteiger partial charge in [0.2, 0.25) is 0 Å². The predicted octanol–water partition coefficient (Wildman–Crippen LogP) is 8.50. The van der Waals surface area contributed by atoms with E-state index in [0.29, 0.717) is 13.4 Å². The third-order valence-corrected chi connectivity index (χ3v) is 22.8. The number of unbranched alkanes of at least 4 members (excludes halogenated alkanes) is 3. The Kier molecular flexibility index (Phi) is 13.3. The van der Waals surface area contributed by atoms with Crippen molar-refractivity contribution in [3.8, 4) is 0 Å². The van der Waals surface area contributed by atoms with E-state index in [2.05, 4.69) is 72.1 Å². The summed E-state index contributed by atoms with van der Waals surface area (Å²) in [5, 5.41) is 0. The van der Waals surface area contributed by atoms with E-state index < -0.39 is 18.4 Å². The van der Waals surface area contributed by atoms with E-state index in [1.807, 2.05) is 6.07 Å². The van der Waals surface area contributed by atoms with E-state index in [4.69, 9.17) is 9.47 Å². The molecule has 0 amide bonds. The Bertz CT molecular complexity index is 538. The first-order chi connectivity index (χ1) is 13.9. The molecule has 2 nitrogen and oxygen atoms in total. The predicted molar refractivity (Wildman–Crippen MR) is 130 cm³/mol. The van der Waals surface area contributed by atoms with Crippen LogP contribution in [0.1, 0.15) is 85.6 Å². The number of rotatable bonds is 15. The summed E-state index contributed by atoms with van der Waals surface area (Å²) in [4.78, 5) is 0. The molecule has 0 heterocycles. The molecule has 1 rings (SSSR count). The van der Waals surface area contributed by atoms with Gasteiger partial charge in [0.1, 0.15) is 0 Å². The normalized spacial score (nSPS) is 13.0. The molecule has 0 N–H and O–H groups in total. The second-order valence-electron chi connectivity index (χ2n) is 9.49. The molecule has 0 bridgehead atoms. The van der Waals surface area contributed by atoms with Gasteiger partial charge in [0.05, 0.1) is 0 Å². The van der Waals surface area contributed by atoms with Crippen molar-refractivity contribution in [1.29, 1.82) is 0 Å². The maximum absolute atomic E-state index is 6.06. The molecule has 3 heteroatoms. The maximum atomic E-state index is 6.06. The van der Waals surface area contributed by atoms with Crippen LogP contribution in [0.3, 0.4) is 0 Å². The van der Waals surface area contributed by atoms with Crippen LogP contribution in [0, 0.1) is 5.41 Å². The SMILES string of the molecule is CCC[CH2][Sn]([CH2]CCC)([CH2]CCC)/[C](=C/OCOCc1ccccc1)C(C)(C)C. The van der Waals surface area contributed by atoms with Gasteiger partial charge in [0, 0.05) is 0 Å². The summed E-state index contributed by atoms with van der Waals surface area (Å²) < 4.78 is 18.0. The van der Waals surface area contributed by atoms with Crippen molar-refractivity contribution in [3.05, 3.63) is 45.7 Å². The fraction of sp³-hybridized carbons (Fsp3) is 0.692. The molecule has 29 heavy (non-hydrogen) atoms. The molecule has 0 aliphatic rings. The Morgan fingerprint density at radius 2 is 1.38 bits per heavy atom. The van der Waals surface area contributed by atoms with Crippen molar-refractivity contribution in [2.24, 2.45) is 5.41 Å². The summed E-state index contributed by atoms with van der Waals surface area (Å²) in [5.74, 6) is 0. The molecule has 0 atom stereocenters. The van der Waals surface area contributed by atoms with Gasteiger partial charge in [0.15, 0.2) is 0 Å². The Morgan fingerprint density at radius 1 is 0.862 bits per heavy atom. The number of allylic oxidation sites excluding steroid dienone is 1. The van der Waals surface area contributed by atoms with Crippen LogP contribution >= 0.6 is 0 Å². The molecule has 0 aliphatic heterocycles. The molecule has 0 saturated carbocycles. The Hall–Kier alpha value is -0.481. The summed E-state index contributed by atoms with van der Waals surface area (Å²) >= 11 is -2.50. The molecule has 1 aromatic carbocycles. The average molecular weight is 509 g/mol. The fourth-order valence-electron chi connectivity index (χ4n) is 4.32. The number of benzene rings is 1. The van der Waals surface area contributed by atoms with Gasteiger partial charge in [-0.3, -0.25) is 0 Å². The molecule has 0 aliphatic carbocycles. The summed E-state index contributed by atoms with van der Waals surface area (Å²) in [7, 11) is 0. The summed E-state index contributed by atoms with van der Waals surface area (Å²) in [5.41, 5.74) is 1.38. The molecule has 0 aromatic heterocycles. The van der Waals surface area contributed by atoms with Gasteiger partial charge in [-0.2, -0.15) is 0 Å². The van der Waals surface area contributed by atoms with E-state index in [-0.39, 0.29) is 5.41 Å². The zero-order valence-electron chi connectivity index (χ0n) is 20.1. The van der Waals surface area contributed by atoms with Crippen molar-refractivity contribution in [3.63, 3.8) is 0 Å². The summed E-state index contributed by atoms with van der Waals surface area (Å²) in [6, 6.07) is 10.3. The number of hydrogen-bond acceptors (Lipinski definition) is 2. The Morgan fingerprint density at radius 3 is 1.83 bits per heavy atom. The van der Waals surface area contributed by atoms with Crippen LogP contribution in [0.25, 0.3) is 0 Å². The van der Waals surface area contributed by atoms with Gasteiger partial charge >= 0.3 is 186 Å². The monoisotopic (exact) mass is 510 g/mol. The quantitative estimate of drug-likeness (QED) is 0.102. The van der Waals surface area contributed by atoms with E-state index in [1.54, 1.807) is 3.59 Å². The third-order valence-electron chi connectivity index (χ3n) is 5.87. The minimum absolute atomic E-state index is 0.185. The van der Waals surface area contributed by atoms with Crippen LogP contribution in [0.15, 0.2) is 40.2 Å². The van der Waals surface area contributed by atoms with Crippen molar-refractivity contribution in [1.82, 2.24) is 0 Å². The minimum atomic E-state index is -2.50. The summed E-state index contributed by atoms with van der Waals surface area (Å²) in [6.07, 6.45) is 10.2. The average Bonchev–Trinajstić information content (AvgIpc) is 2.70. The zero-order chi connectivity index (χ0) is 21.6. The second-order valence-corrected chi connectivity index (χ2v) is 22.6. The van der Waals surface area contributed by atoms with E-state index in [0.717, 1.165) is 0 Å². The number of ether oxygens (including phenoxy) is 2. The van der Waals surface area contributed by atoms with Crippen molar-refractivity contribution >= 4 is 18.4 Å². The molecular weight excluding hydrogens is 463 g/mol. The van der Waals surface area contributed by atoms with Crippen LogP contribution in [0.4, 0.5) is 0 Å². The second kappa shape index (κ2) is 14.5. The summed E-state index contributed by atoms with van der Waals surface area (Å²) in [6.45, 7) is 15.1. The molecule has 166 valence electrons. The molecule has 0 saturated heterocycles. The van der Waals surface area contributed by atoms with Gasteiger partial charge in [-0.1, -0.05) is 0 Å². The van der Waals surface area contributed by atoms with Gasteiger partial charge in [-0.25, -0.2) is 0 Å². The Balaban J connectivity index is 2.94. The molecule has 0 radical (unpaired) electrons. The van der Waals surface area contributed by atoms with Crippen LogP contribution in [0.2, 0.25) is 13.3 Å². The topological polar surface area (TPSA) is 18.5 Å². The fourth-order valence-corrected chi connectivity index (χ4v) is 23.1. The molecule has 1 aromatic rings. The van der Waals surface area contributed by atoms with E-state index >= 15 is 0 Å². The standard InChI is InChI=1S/C14H19O2.3C4H9.Sn/c1-14(2,3)9-10-15-12-16-11-13-7-5-4-6-8-13;3*1-3-4-2;/h4-8,10H,11-12H2,1-3H3;3*1,3-4H2,2H3;. The van der Waals surface area contributed by atoms with Crippen LogP contribution < -0.4 is 0 Å². The Labute approximate surface area is 185 Å². The molecule has 0 spiro atoms. The first kappa shape index (κ1) is 26.6.